The molecule has 6 rings (SSSR count). The van der Waals surface area contributed by atoms with Gasteiger partial charge in [0.15, 0.2) is 5.82 Å². The minimum Gasteiger partial charge on any atom is -0.336 e. The summed E-state index contributed by atoms with van der Waals surface area (Å²) in [7, 11) is -3.21. The Bertz CT molecular complexity index is 2140. The number of pyridine rings is 3. The number of nitrogens with one attached hydrogen (secondary N) is 3. The van der Waals surface area contributed by atoms with Gasteiger partial charge in [0.25, 0.3) is 0 Å². The highest BCUT2D eigenvalue weighted by Crippen LogP contribution is 2.32. The number of benzene rings is 1. The van der Waals surface area contributed by atoms with Gasteiger partial charge < -0.3 is 10.3 Å². The predicted octanol–water partition coefficient (Wildman–Crippen LogP) is 5.34. The molecule has 0 fully saturated rings. The first-order valence-corrected chi connectivity index (χ1v) is 16.0. The first-order valence-electron chi connectivity index (χ1n) is 13.9. The Labute approximate surface area is 252 Å². The second kappa shape index (κ2) is 11.6. The van der Waals surface area contributed by atoms with Crippen LogP contribution >= 0.6 is 0 Å². The SMILES string of the molecule is CC(C)CC(=O)Nc1cncc(-c2cc3c(-c4nc5c(-c6cc(F)cc(CCS(C)(=O)=O)c6)nccc5[nH]4)n[nH]c3cn2)c1. The van der Waals surface area contributed by atoms with Gasteiger partial charge in [0.1, 0.15) is 26.9 Å². The van der Waals surface area contributed by atoms with Crippen molar-refractivity contribution >= 4 is 43.4 Å². The number of anilines is 1. The lowest BCUT2D eigenvalue weighted by Crippen LogP contribution is -2.13. The number of aromatic amines is 2. The Morgan fingerprint density at radius 1 is 1.00 bits per heavy atom. The van der Waals surface area contributed by atoms with Crippen LogP contribution in [0.1, 0.15) is 25.8 Å². The van der Waals surface area contributed by atoms with E-state index in [-0.39, 0.29) is 24.0 Å². The van der Waals surface area contributed by atoms with Crippen molar-refractivity contribution < 1.29 is 17.6 Å². The van der Waals surface area contributed by atoms with E-state index in [9.17, 15) is 17.6 Å². The van der Waals surface area contributed by atoms with Crippen LogP contribution in [-0.2, 0) is 21.1 Å². The number of hydrogen-bond donors (Lipinski definition) is 3. The number of hydrogen-bond acceptors (Lipinski definition) is 8. The van der Waals surface area contributed by atoms with Gasteiger partial charge in [-0.15, -0.1) is 0 Å². The molecule has 0 bridgehead atoms. The number of sulfone groups is 1. The topological polar surface area (TPSA) is 159 Å². The van der Waals surface area contributed by atoms with Crippen LogP contribution in [0, 0.1) is 11.7 Å². The molecule has 13 heteroatoms. The third-order valence-corrected chi connectivity index (χ3v) is 7.92. The van der Waals surface area contributed by atoms with E-state index in [1.54, 1.807) is 36.9 Å². The molecule has 0 radical (unpaired) electrons. The highest BCUT2D eigenvalue weighted by molar-refractivity contribution is 7.90. The first kappa shape index (κ1) is 29.1. The average molecular weight is 613 g/mol. The minimum absolute atomic E-state index is 0.0819. The van der Waals surface area contributed by atoms with Crippen LogP contribution in [0.3, 0.4) is 0 Å². The molecule has 0 spiro atoms. The van der Waals surface area contributed by atoms with E-state index in [0.717, 1.165) is 17.2 Å². The van der Waals surface area contributed by atoms with Gasteiger partial charge >= 0.3 is 0 Å². The van der Waals surface area contributed by atoms with E-state index in [1.807, 2.05) is 26.0 Å². The maximum atomic E-state index is 14.6. The zero-order valence-electron chi connectivity index (χ0n) is 24.2. The molecular weight excluding hydrogens is 583 g/mol. The zero-order valence-corrected chi connectivity index (χ0v) is 25.0. The second-order valence-electron chi connectivity index (χ2n) is 11.2. The number of H-pyrrole nitrogens is 2. The summed E-state index contributed by atoms with van der Waals surface area (Å²) in [5.74, 6) is 0.0480. The van der Waals surface area contributed by atoms with Crippen molar-refractivity contribution in [1.29, 1.82) is 0 Å². The second-order valence-corrected chi connectivity index (χ2v) is 13.4. The molecule has 1 aromatic carbocycles. The molecule has 11 nitrogen and oxygen atoms in total. The van der Waals surface area contributed by atoms with Gasteiger partial charge in [0.2, 0.25) is 5.91 Å². The van der Waals surface area contributed by atoms with Gasteiger partial charge in [-0.3, -0.25) is 24.8 Å². The lowest BCUT2D eigenvalue weighted by molar-refractivity contribution is -0.116. The molecule has 44 heavy (non-hydrogen) atoms. The lowest BCUT2D eigenvalue weighted by atomic mass is 10.0. The first-order chi connectivity index (χ1) is 21.0. The fourth-order valence-corrected chi connectivity index (χ4v) is 5.59. The van der Waals surface area contributed by atoms with Crippen molar-refractivity contribution in [2.75, 3.05) is 17.3 Å². The van der Waals surface area contributed by atoms with Crippen molar-refractivity contribution in [3.05, 3.63) is 72.6 Å². The third-order valence-electron chi connectivity index (χ3n) is 6.98. The maximum absolute atomic E-state index is 14.6. The predicted molar refractivity (Wildman–Crippen MR) is 167 cm³/mol. The van der Waals surface area contributed by atoms with E-state index >= 15 is 0 Å². The maximum Gasteiger partial charge on any atom is 0.224 e. The van der Waals surface area contributed by atoms with E-state index in [2.05, 4.69) is 35.5 Å². The van der Waals surface area contributed by atoms with Gasteiger partial charge in [0, 0.05) is 41.6 Å². The molecular formula is C31H29FN8O3S. The van der Waals surface area contributed by atoms with Crippen LogP contribution in [0.2, 0.25) is 0 Å². The summed E-state index contributed by atoms with van der Waals surface area (Å²) in [5, 5.41) is 11.1. The van der Waals surface area contributed by atoms with Crippen LogP contribution in [0.4, 0.5) is 10.1 Å². The molecule has 5 aromatic heterocycles. The van der Waals surface area contributed by atoms with Crippen molar-refractivity contribution in [3.8, 4) is 34.0 Å². The molecule has 0 aliphatic heterocycles. The Balaban J connectivity index is 1.36. The van der Waals surface area contributed by atoms with Crippen molar-refractivity contribution in [1.82, 2.24) is 35.1 Å². The van der Waals surface area contributed by atoms with Crippen molar-refractivity contribution in [2.24, 2.45) is 5.92 Å². The summed E-state index contributed by atoms with van der Waals surface area (Å²) >= 11 is 0. The number of amides is 1. The number of rotatable bonds is 9. The van der Waals surface area contributed by atoms with Gasteiger partial charge in [-0.2, -0.15) is 5.10 Å². The third kappa shape index (κ3) is 6.32. The number of aryl methyl sites for hydroxylation is 1. The lowest BCUT2D eigenvalue weighted by Gasteiger charge is -2.08. The summed E-state index contributed by atoms with van der Waals surface area (Å²) in [5.41, 5.74) is 5.85. The Hall–Kier alpha value is -5.04. The Kier molecular flexibility index (Phi) is 7.64. The molecule has 224 valence electrons. The normalized spacial score (nSPS) is 11.9. The Morgan fingerprint density at radius 2 is 1.84 bits per heavy atom. The van der Waals surface area contributed by atoms with Crippen LogP contribution in [0.25, 0.3) is 56.0 Å². The summed E-state index contributed by atoms with van der Waals surface area (Å²) in [6.45, 7) is 3.97. The number of carbonyl (C=O) groups is 1. The average Bonchev–Trinajstić information content (AvgIpc) is 3.59. The largest absolute Gasteiger partial charge is 0.336 e. The molecule has 1 amide bonds. The smallest absolute Gasteiger partial charge is 0.224 e. The van der Waals surface area contributed by atoms with Gasteiger partial charge in [-0.1, -0.05) is 13.8 Å². The van der Waals surface area contributed by atoms with Gasteiger partial charge in [0.05, 0.1) is 46.3 Å². The minimum atomic E-state index is -3.21. The van der Waals surface area contributed by atoms with Crippen LogP contribution < -0.4 is 5.32 Å². The fourth-order valence-electron chi connectivity index (χ4n) is 4.98. The van der Waals surface area contributed by atoms with Crippen LogP contribution in [0.15, 0.2) is 61.2 Å². The molecule has 0 saturated heterocycles. The number of carbonyl (C=O) groups excluding carboxylic acids is 1. The number of aromatic nitrogens is 7. The summed E-state index contributed by atoms with van der Waals surface area (Å²) in [4.78, 5) is 33.7. The molecule has 0 unspecified atom stereocenters. The molecule has 0 atom stereocenters. The van der Waals surface area contributed by atoms with E-state index in [0.29, 0.717) is 62.7 Å². The highest BCUT2D eigenvalue weighted by Gasteiger charge is 2.18. The molecule has 6 aromatic rings. The number of halogens is 1. The molecule has 0 aliphatic carbocycles. The molecule has 5 heterocycles. The molecule has 0 saturated carbocycles. The van der Waals surface area contributed by atoms with E-state index < -0.39 is 15.7 Å². The van der Waals surface area contributed by atoms with Gasteiger partial charge in [-0.25, -0.2) is 17.8 Å². The van der Waals surface area contributed by atoms with E-state index in [4.69, 9.17) is 4.98 Å². The Morgan fingerprint density at radius 3 is 2.64 bits per heavy atom. The number of fused-ring (bicyclic) bond motifs is 2. The van der Waals surface area contributed by atoms with E-state index in [1.165, 1.54) is 12.1 Å². The monoisotopic (exact) mass is 612 g/mol. The van der Waals surface area contributed by atoms with Crippen LogP contribution in [-0.4, -0.2) is 61.5 Å². The molecule has 3 N–H and O–H groups in total. The summed E-state index contributed by atoms with van der Waals surface area (Å²) in [6, 6.07) is 9.89. The highest BCUT2D eigenvalue weighted by atomic mass is 32.2. The van der Waals surface area contributed by atoms with Crippen molar-refractivity contribution in [3.63, 3.8) is 0 Å². The zero-order chi connectivity index (χ0) is 31.0. The fraction of sp³-hybridized carbons (Fsp3) is 0.226. The number of imidazole rings is 1. The quantitative estimate of drug-likeness (QED) is 0.197. The molecule has 0 aliphatic rings. The number of nitrogens with zero attached hydrogens (tertiary/aromatic N) is 5. The standard InChI is InChI=1S/C31H29FN8O3S/c1-17(2)8-27(41)36-22-12-20(14-33-15-22)25-13-23-26(16-35-25)39-40-29(23)31-37-24-4-6-34-28(30(24)38-31)19-9-18(10-21(32)11-19)5-7-44(3,42)43/h4,6,9-17H,5,7-8H2,1-3H3,(H,36,41)(H,37,38)(H,39,40). The van der Waals surface area contributed by atoms with Crippen LogP contribution in [0.5, 0.6) is 0 Å². The van der Waals surface area contributed by atoms with Gasteiger partial charge in [-0.05, 0) is 54.3 Å². The summed E-state index contributed by atoms with van der Waals surface area (Å²) < 4.78 is 37.9. The summed E-state index contributed by atoms with van der Waals surface area (Å²) in [6.07, 6.45) is 8.29. The van der Waals surface area contributed by atoms with Crippen molar-refractivity contribution in [2.45, 2.75) is 26.7 Å².